The van der Waals surface area contributed by atoms with Crippen molar-refractivity contribution in [3.63, 3.8) is 0 Å². The third-order valence-electron chi connectivity index (χ3n) is 4.13. The molecular weight excluding hydrogens is 340 g/mol. The van der Waals surface area contributed by atoms with Gasteiger partial charge in [-0.05, 0) is 25.5 Å². The second kappa shape index (κ2) is 8.31. The smallest absolute Gasteiger partial charge is 0.322 e. The van der Waals surface area contributed by atoms with Crippen molar-refractivity contribution in [1.29, 1.82) is 0 Å². The lowest BCUT2D eigenvalue weighted by Gasteiger charge is -2.20. The van der Waals surface area contributed by atoms with E-state index in [1.54, 1.807) is 11.0 Å². The minimum absolute atomic E-state index is 0.197. The van der Waals surface area contributed by atoms with Gasteiger partial charge in [-0.3, -0.25) is 0 Å². The first kappa shape index (κ1) is 18.4. The van der Waals surface area contributed by atoms with E-state index in [2.05, 4.69) is 22.0 Å². The molecule has 1 N–H and O–H groups in total. The molecule has 0 saturated carbocycles. The number of carbonyl (C=O) groups excluding carboxylic acids is 1. The maximum absolute atomic E-state index is 12.7. The SMILES string of the molecule is C=CCN(Cc1nc(-c2ccc(C)cc2)no1)C(=O)Nc1ccccc1C. The Hall–Kier alpha value is -3.41. The van der Waals surface area contributed by atoms with Crippen LogP contribution in [0, 0.1) is 13.8 Å². The van der Waals surface area contributed by atoms with Crippen molar-refractivity contribution in [2.45, 2.75) is 20.4 Å². The molecule has 2 amide bonds. The summed E-state index contributed by atoms with van der Waals surface area (Å²) < 4.78 is 5.33. The van der Waals surface area contributed by atoms with Gasteiger partial charge in [-0.2, -0.15) is 4.98 Å². The summed E-state index contributed by atoms with van der Waals surface area (Å²) in [4.78, 5) is 18.6. The van der Waals surface area contributed by atoms with Crippen molar-refractivity contribution in [2.24, 2.45) is 0 Å². The summed E-state index contributed by atoms with van der Waals surface area (Å²) in [6.07, 6.45) is 1.66. The minimum atomic E-state index is -0.251. The van der Waals surface area contributed by atoms with E-state index < -0.39 is 0 Å². The Bertz CT molecular complexity index is 931. The van der Waals surface area contributed by atoms with Crippen molar-refractivity contribution in [3.05, 3.63) is 78.2 Å². The number of nitrogens with zero attached hydrogens (tertiary/aromatic N) is 3. The van der Waals surface area contributed by atoms with E-state index in [1.165, 1.54) is 0 Å². The fourth-order valence-corrected chi connectivity index (χ4v) is 2.58. The van der Waals surface area contributed by atoms with Gasteiger partial charge in [0.25, 0.3) is 0 Å². The molecule has 0 saturated heterocycles. The lowest BCUT2D eigenvalue weighted by atomic mass is 10.1. The zero-order valence-electron chi connectivity index (χ0n) is 15.5. The van der Waals surface area contributed by atoms with E-state index in [1.807, 2.05) is 62.4 Å². The number of aromatic nitrogens is 2. The van der Waals surface area contributed by atoms with Gasteiger partial charge >= 0.3 is 6.03 Å². The van der Waals surface area contributed by atoms with Crippen molar-refractivity contribution >= 4 is 11.7 Å². The molecular formula is C21H22N4O2. The molecule has 0 aliphatic rings. The van der Waals surface area contributed by atoms with E-state index in [0.717, 1.165) is 22.4 Å². The number of rotatable bonds is 6. The second-order valence-corrected chi connectivity index (χ2v) is 6.29. The maximum atomic E-state index is 12.7. The third-order valence-corrected chi connectivity index (χ3v) is 4.13. The molecule has 6 heteroatoms. The average Bonchev–Trinajstić information content (AvgIpc) is 3.12. The van der Waals surface area contributed by atoms with Gasteiger partial charge in [0, 0.05) is 17.8 Å². The predicted octanol–water partition coefficient (Wildman–Crippen LogP) is 4.57. The molecule has 0 bridgehead atoms. The summed E-state index contributed by atoms with van der Waals surface area (Å²) in [5.74, 6) is 0.871. The number of aryl methyl sites for hydroxylation is 2. The summed E-state index contributed by atoms with van der Waals surface area (Å²) in [5.41, 5.74) is 3.79. The third kappa shape index (κ3) is 4.61. The van der Waals surface area contributed by atoms with E-state index in [4.69, 9.17) is 4.52 Å². The highest BCUT2D eigenvalue weighted by atomic mass is 16.5. The zero-order valence-corrected chi connectivity index (χ0v) is 15.5. The van der Waals surface area contributed by atoms with Crippen molar-refractivity contribution < 1.29 is 9.32 Å². The lowest BCUT2D eigenvalue weighted by Crippen LogP contribution is -2.34. The summed E-state index contributed by atoms with van der Waals surface area (Å²) in [6.45, 7) is 8.24. The van der Waals surface area contributed by atoms with Crippen molar-refractivity contribution in [3.8, 4) is 11.4 Å². The molecule has 0 atom stereocenters. The highest BCUT2D eigenvalue weighted by Gasteiger charge is 2.18. The quantitative estimate of drug-likeness (QED) is 0.652. The summed E-state index contributed by atoms with van der Waals surface area (Å²) in [6, 6.07) is 15.2. The monoisotopic (exact) mass is 362 g/mol. The van der Waals surface area contributed by atoms with E-state index in [0.29, 0.717) is 18.3 Å². The predicted molar refractivity (Wildman–Crippen MR) is 105 cm³/mol. The van der Waals surface area contributed by atoms with Crippen molar-refractivity contribution in [1.82, 2.24) is 15.0 Å². The number of nitrogens with one attached hydrogen (secondary N) is 1. The second-order valence-electron chi connectivity index (χ2n) is 6.29. The van der Waals surface area contributed by atoms with Crippen LogP contribution in [0.3, 0.4) is 0 Å². The Labute approximate surface area is 158 Å². The Balaban J connectivity index is 1.72. The first-order chi connectivity index (χ1) is 13.1. The molecule has 2 aromatic carbocycles. The molecule has 3 aromatic rings. The van der Waals surface area contributed by atoms with Crippen LogP contribution in [0.2, 0.25) is 0 Å². The van der Waals surface area contributed by atoms with Crippen LogP contribution in [-0.2, 0) is 6.54 Å². The molecule has 0 radical (unpaired) electrons. The van der Waals surface area contributed by atoms with Gasteiger partial charge in [-0.1, -0.05) is 59.3 Å². The number of para-hydroxylation sites is 1. The van der Waals surface area contributed by atoms with Crippen LogP contribution in [0.15, 0.2) is 65.7 Å². The van der Waals surface area contributed by atoms with Gasteiger partial charge in [0.2, 0.25) is 11.7 Å². The van der Waals surface area contributed by atoms with Gasteiger partial charge in [-0.15, -0.1) is 6.58 Å². The fourth-order valence-electron chi connectivity index (χ4n) is 2.58. The number of anilines is 1. The molecule has 27 heavy (non-hydrogen) atoms. The molecule has 0 aliphatic carbocycles. The Kier molecular flexibility index (Phi) is 5.66. The highest BCUT2D eigenvalue weighted by molar-refractivity contribution is 5.90. The number of benzene rings is 2. The Morgan fingerprint density at radius 3 is 2.63 bits per heavy atom. The minimum Gasteiger partial charge on any atom is -0.337 e. The van der Waals surface area contributed by atoms with Crippen LogP contribution in [-0.4, -0.2) is 27.6 Å². The van der Waals surface area contributed by atoms with Crippen LogP contribution in [0.25, 0.3) is 11.4 Å². The molecule has 1 heterocycles. The molecule has 6 nitrogen and oxygen atoms in total. The van der Waals surface area contributed by atoms with Crippen LogP contribution < -0.4 is 5.32 Å². The average molecular weight is 362 g/mol. The molecule has 0 fully saturated rings. The van der Waals surface area contributed by atoms with Gasteiger partial charge < -0.3 is 14.7 Å². The van der Waals surface area contributed by atoms with E-state index in [-0.39, 0.29) is 12.6 Å². The standard InChI is InChI=1S/C21H22N4O2/c1-4-13-25(21(26)22-18-8-6-5-7-16(18)3)14-19-23-20(24-27-19)17-11-9-15(2)10-12-17/h4-12H,1,13-14H2,2-3H3,(H,22,26). The Morgan fingerprint density at radius 1 is 1.19 bits per heavy atom. The topological polar surface area (TPSA) is 71.3 Å². The fraction of sp³-hybridized carbons (Fsp3) is 0.190. The summed E-state index contributed by atoms with van der Waals surface area (Å²) >= 11 is 0. The molecule has 3 rings (SSSR count). The van der Waals surface area contributed by atoms with E-state index in [9.17, 15) is 4.79 Å². The van der Waals surface area contributed by atoms with Crippen LogP contribution in [0.4, 0.5) is 10.5 Å². The molecule has 0 aliphatic heterocycles. The summed E-state index contributed by atoms with van der Waals surface area (Å²) in [5, 5.41) is 6.93. The molecule has 0 spiro atoms. The van der Waals surface area contributed by atoms with Crippen LogP contribution >= 0.6 is 0 Å². The van der Waals surface area contributed by atoms with Gasteiger partial charge in [0.15, 0.2) is 0 Å². The zero-order chi connectivity index (χ0) is 19.2. The van der Waals surface area contributed by atoms with E-state index >= 15 is 0 Å². The number of hydrogen-bond acceptors (Lipinski definition) is 4. The largest absolute Gasteiger partial charge is 0.337 e. The van der Waals surface area contributed by atoms with Crippen LogP contribution in [0.1, 0.15) is 17.0 Å². The number of urea groups is 1. The molecule has 0 unspecified atom stereocenters. The van der Waals surface area contributed by atoms with Gasteiger partial charge in [-0.25, -0.2) is 4.79 Å². The Morgan fingerprint density at radius 2 is 1.93 bits per heavy atom. The first-order valence-electron chi connectivity index (χ1n) is 8.69. The first-order valence-corrected chi connectivity index (χ1v) is 8.69. The number of carbonyl (C=O) groups is 1. The highest BCUT2D eigenvalue weighted by Crippen LogP contribution is 2.18. The summed E-state index contributed by atoms with van der Waals surface area (Å²) in [7, 11) is 0. The normalized spacial score (nSPS) is 10.4. The molecule has 1 aromatic heterocycles. The van der Waals surface area contributed by atoms with Gasteiger partial charge in [0.1, 0.15) is 6.54 Å². The number of hydrogen-bond donors (Lipinski definition) is 1. The lowest BCUT2D eigenvalue weighted by molar-refractivity contribution is 0.206. The van der Waals surface area contributed by atoms with Gasteiger partial charge in [0.05, 0.1) is 0 Å². The van der Waals surface area contributed by atoms with Crippen molar-refractivity contribution in [2.75, 3.05) is 11.9 Å². The molecule has 138 valence electrons. The number of amides is 2. The van der Waals surface area contributed by atoms with Crippen LogP contribution in [0.5, 0.6) is 0 Å². The maximum Gasteiger partial charge on any atom is 0.322 e.